The van der Waals surface area contributed by atoms with Gasteiger partial charge in [-0.05, 0) is 23.8 Å². The van der Waals surface area contributed by atoms with E-state index in [1.165, 1.54) is 0 Å². The van der Waals surface area contributed by atoms with Gasteiger partial charge < -0.3 is 24.3 Å². The Bertz CT molecular complexity index is 1070. The molecular formula is C23H23NO5S. The van der Waals surface area contributed by atoms with Crippen molar-refractivity contribution in [2.45, 2.75) is 12.3 Å². The Morgan fingerprint density at radius 1 is 0.900 bits per heavy atom. The molecule has 1 N–H and O–H groups in total. The summed E-state index contributed by atoms with van der Waals surface area (Å²) >= 11 is 1.63. The van der Waals surface area contributed by atoms with Gasteiger partial charge in [0.15, 0.2) is 11.5 Å². The second-order valence-electron chi connectivity index (χ2n) is 6.85. The van der Waals surface area contributed by atoms with Gasteiger partial charge >= 0.3 is 0 Å². The van der Waals surface area contributed by atoms with E-state index in [9.17, 15) is 4.79 Å². The zero-order valence-corrected chi connectivity index (χ0v) is 18.1. The van der Waals surface area contributed by atoms with Crippen molar-refractivity contribution < 1.29 is 23.7 Å². The molecule has 30 heavy (non-hydrogen) atoms. The van der Waals surface area contributed by atoms with E-state index in [2.05, 4.69) is 10.7 Å². The monoisotopic (exact) mass is 425 g/mol. The highest BCUT2D eigenvalue weighted by atomic mass is 32.1. The Balaban J connectivity index is 1.82. The second-order valence-corrected chi connectivity index (χ2v) is 7.76. The van der Waals surface area contributed by atoms with E-state index >= 15 is 0 Å². The zero-order chi connectivity index (χ0) is 21.3. The van der Waals surface area contributed by atoms with Gasteiger partial charge in [-0.15, -0.1) is 11.3 Å². The first kappa shape index (κ1) is 20.1. The minimum absolute atomic E-state index is 0.0301. The number of fused-ring (bicyclic) bond motifs is 1. The van der Waals surface area contributed by atoms with Crippen molar-refractivity contribution in [2.24, 2.45) is 0 Å². The van der Waals surface area contributed by atoms with Gasteiger partial charge in [0.2, 0.25) is 11.7 Å². The lowest BCUT2D eigenvalue weighted by Gasteiger charge is -2.26. The molecule has 1 aliphatic heterocycles. The summed E-state index contributed by atoms with van der Waals surface area (Å²) in [6.45, 7) is 0. The molecule has 4 rings (SSSR count). The van der Waals surface area contributed by atoms with Crippen LogP contribution in [0.2, 0.25) is 0 Å². The largest absolute Gasteiger partial charge is 0.497 e. The third kappa shape index (κ3) is 3.35. The predicted octanol–water partition coefficient (Wildman–Crippen LogP) is 4.92. The van der Waals surface area contributed by atoms with Crippen LogP contribution in [0.4, 0.5) is 5.69 Å². The minimum Gasteiger partial charge on any atom is -0.497 e. The van der Waals surface area contributed by atoms with Gasteiger partial charge in [-0.3, -0.25) is 4.79 Å². The molecule has 2 aromatic carbocycles. The van der Waals surface area contributed by atoms with Crippen LogP contribution in [0.5, 0.6) is 23.0 Å². The molecule has 0 spiro atoms. The Kier molecular flexibility index (Phi) is 5.55. The van der Waals surface area contributed by atoms with Crippen molar-refractivity contribution in [3.8, 4) is 34.1 Å². The van der Waals surface area contributed by atoms with Crippen LogP contribution < -0.4 is 24.3 Å². The first-order valence-corrected chi connectivity index (χ1v) is 10.3. The number of thiophene rings is 1. The molecule has 156 valence electrons. The molecule has 1 amide bonds. The lowest BCUT2D eigenvalue weighted by Crippen LogP contribution is -2.23. The number of amides is 1. The lowest BCUT2D eigenvalue weighted by atomic mass is 9.88. The molecule has 1 aromatic heterocycles. The Morgan fingerprint density at radius 3 is 2.27 bits per heavy atom. The standard InChI is InChI=1S/C23H23NO5S/c1-26-14-7-5-13(6-8-14)17-12-30-23-16(11-19(25)24-20(17)23)15-9-10-18(27-2)22(29-4)21(15)28-3/h5-10,12,16H,11H2,1-4H3,(H,24,25). The topological polar surface area (TPSA) is 66.0 Å². The van der Waals surface area contributed by atoms with Crippen molar-refractivity contribution in [1.29, 1.82) is 0 Å². The fourth-order valence-electron chi connectivity index (χ4n) is 3.86. The number of anilines is 1. The quantitative estimate of drug-likeness (QED) is 0.607. The molecule has 0 saturated heterocycles. The normalized spacial score (nSPS) is 15.2. The summed E-state index contributed by atoms with van der Waals surface area (Å²) in [5, 5.41) is 5.15. The number of hydrogen-bond acceptors (Lipinski definition) is 6. The number of carbonyl (C=O) groups excluding carboxylic acids is 1. The van der Waals surface area contributed by atoms with Crippen LogP contribution in [-0.4, -0.2) is 34.3 Å². The molecule has 1 atom stereocenters. The van der Waals surface area contributed by atoms with Crippen molar-refractivity contribution in [2.75, 3.05) is 33.8 Å². The number of nitrogens with one attached hydrogen (secondary N) is 1. The van der Waals surface area contributed by atoms with Gasteiger partial charge in [-0.1, -0.05) is 18.2 Å². The average molecular weight is 426 g/mol. The Morgan fingerprint density at radius 2 is 1.63 bits per heavy atom. The van der Waals surface area contributed by atoms with E-state index in [-0.39, 0.29) is 11.8 Å². The average Bonchev–Trinajstić information content (AvgIpc) is 3.21. The summed E-state index contributed by atoms with van der Waals surface area (Å²) in [5.74, 6) is 2.32. The van der Waals surface area contributed by atoms with Crippen molar-refractivity contribution in [3.05, 3.63) is 52.2 Å². The van der Waals surface area contributed by atoms with E-state index in [0.29, 0.717) is 23.7 Å². The molecule has 0 bridgehead atoms. The van der Waals surface area contributed by atoms with Crippen molar-refractivity contribution in [3.63, 3.8) is 0 Å². The van der Waals surface area contributed by atoms with Gasteiger partial charge in [0.25, 0.3) is 0 Å². The Labute approximate surface area is 179 Å². The fraction of sp³-hybridized carbons (Fsp3) is 0.261. The predicted molar refractivity (Wildman–Crippen MR) is 117 cm³/mol. The number of methoxy groups -OCH3 is 4. The smallest absolute Gasteiger partial charge is 0.225 e. The highest BCUT2D eigenvalue weighted by molar-refractivity contribution is 7.11. The van der Waals surface area contributed by atoms with E-state index in [0.717, 1.165) is 33.0 Å². The van der Waals surface area contributed by atoms with Crippen LogP contribution in [0.3, 0.4) is 0 Å². The zero-order valence-electron chi connectivity index (χ0n) is 17.3. The van der Waals surface area contributed by atoms with Gasteiger partial charge in [0, 0.05) is 33.7 Å². The van der Waals surface area contributed by atoms with Crippen LogP contribution in [0.1, 0.15) is 22.8 Å². The Hall–Kier alpha value is -3.19. The molecular weight excluding hydrogens is 402 g/mol. The number of benzene rings is 2. The first-order chi connectivity index (χ1) is 14.6. The molecule has 0 radical (unpaired) electrons. The van der Waals surface area contributed by atoms with E-state index in [4.69, 9.17) is 18.9 Å². The first-order valence-electron chi connectivity index (χ1n) is 9.45. The molecule has 1 unspecified atom stereocenters. The molecule has 6 nitrogen and oxygen atoms in total. The highest BCUT2D eigenvalue weighted by Gasteiger charge is 2.33. The number of rotatable bonds is 6. The number of ether oxygens (including phenoxy) is 4. The van der Waals surface area contributed by atoms with Gasteiger partial charge in [-0.2, -0.15) is 0 Å². The molecule has 1 aliphatic rings. The third-order valence-corrected chi connectivity index (χ3v) is 6.40. The van der Waals surface area contributed by atoms with Gasteiger partial charge in [-0.25, -0.2) is 0 Å². The molecule has 0 aliphatic carbocycles. The molecule has 3 aromatic rings. The maximum atomic E-state index is 12.6. The third-order valence-electron chi connectivity index (χ3n) is 5.30. The van der Waals surface area contributed by atoms with E-state index in [1.807, 2.05) is 36.4 Å². The summed E-state index contributed by atoms with van der Waals surface area (Å²) in [6, 6.07) is 11.6. The van der Waals surface area contributed by atoms with Crippen LogP contribution in [-0.2, 0) is 4.79 Å². The van der Waals surface area contributed by atoms with Crippen LogP contribution >= 0.6 is 11.3 Å². The molecule has 2 heterocycles. The summed E-state index contributed by atoms with van der Waals surface area (Å²) in [5.41, 5.74) is 3.77. The van der Waals surface area contributed by atoms with Crippen LogP contribution in [0.25, 0.3) is 11.1 Å². The van der Waals surface area contributed by atoms with Gasteiger partial charge in [0.1, 0.15) is 5.75 Å². The highest BCUT2D eigenvalue weighted by Crippen LogP contribution is 2.51. The SMILES string of the molecule is COc1ccc(-c2csc3c2NC(=O)CC3c2ccc(OC)c(OC)c2OC)cc1. The van der Waals surface area contributed by atoms with Crippen LogP contribution in [0, 0.1) is 0 Å². The lowest BCUT2D eigenvalue weighted by molar-refractivity contribution is -0.116. The number of carbonyl (C=O) groups is 1. The van der Waals surface area contributed by atoms with Gasteiger partial charge in [0.05, 0.1) is 34.1 Å². The molecule has 0 fully saturated rings. The minimum atomic E-state index is -0.138. The van der Waals surface area contributed by atoms with Crippen LogP contribution in [0.15, 0.2) is 41.8 Å². The maximum absolute atomic E-state index is 12.6. The van der Waals surface area contributed by atoms with E-state index in [1.54, 1.807) is 39.8 Å². The summed E-state index contributed by atoms with van der Waals surface area (Å²) in [4.78, 5) is 13.7. The van der Waals surface area contributed by atoms with Crippen molar-refractivity contribution >= 4 is 22.9 Å². The summed E-state index contributed by atoms with van der Waals surface area (Å²) in [7, 11) is 6.41. The molecule has 7 heteroatoms. The number of hydrogen-bond donors (Lipinski definition) is 1. The van der Waals surface area contributed by atoms with E-state index < -0.39 is 0 Å². The molecule has 0 saturated carbocycles. The maximum Gasteiger partial charge on any atom is 0.225 e. The second kappa shape index (κ2) is 8.28. The summed E-state index contributed by atoms with van der Waals surface area (Å²) in [6.07, 6.45) is 0.335. The van der Waals surface area contributed by atoms with Crippen molar-refractivity contribution in [1.82, 2.24) is 0 Å². The fourth-order valence-corrected chi connectivity index (χ4v) is 5.01. The summed E-state index contributed by atoms with van der Waals surface area (Å²) < 4.78 is 21.9.